The van der Waals surface area contributed by atoms with Crippen molar-refractivity contribution in [3.63, 3.8) is 0 Å². The van der Waals surface area contributed by atoms with Gasteiger partial charge in [-0.25, -0.2) is 4.98 Å². The standard InChI is InChI=1S/C23H23N3O2S/c1-2-14-26-21(27)18-12-6-7-13-19(18)24-23(26)29-20(17-10-4-3-5-11-17)22(28)25-15-8-9-16-25/h2-7,10-13,20H,1,8-9,14-16H2/t20-/m1/s1. The molecule has 1 fully saturated rings. The third kappa shape index (κ3) is 3.98. The summed E-state index contributed by atoms with van der Waals surface area (Å²) in [4.78, 5) is 33.0. The summed E-state index contributed by atoms with van der Waals surface area (Å²) in [5.74, 6) is 0.0752. The van der Waals surface area contributed by atoms with Crippen LogP contribution in [0.5, 0.6) is 0 Å². The van der Waals surface area contributed by atoms with E-state index < -0.39 is 5.25 Å². The van der Waals surface area contributed by atoms with E-state index in [1.54, 1.807) is 16.7 Å². The molecule has 3 aromatic rings. The van der Waals surface area contributed by atoms with Crippen molar-refractivity contribution in [1.82, 2.24) is 14.5 Å². The van der Waals surface area contributed by atoms with Gasteiger partial charge in [-0.15, -0.1) is 6.58 Å². The fourth-order valence-electron chi connectivity index (χ4n) is 3.63. The Morgan fingerprint density at radius 3 is 2.52 bits per heavy atom. The van der Waals surface area contributed by atoms with Crippen molar-refractivity contribution in [1.29, 1.82) is 0 Å². The van der Waals surface area contributed by atoms with Crippen molar-refractivity contribution in [2.24, 2.45) is 0 Å². The summed E-state index contributed by atoms with van der Waals surface area (Å²) >= 11 is 1.35. The maximum atomic E-state index is 13.3. The summed E-state index contributed by atoms with van der Waals surface area (Å²) in [5.41, 5.74) is 1.45. The van der Waals surface area contributed by atoms with Gasteiger partial charge in [0.05, 0.1) is 10.9 Å². The molecule has 0 N–H and O–H groups in total. The first kappa shape index (κ1) is 19.5. The normalized spacial score (nSPS) is 14.8. The highest BCUT2D eigenvalue weighted by Gasteiger charge is 2.30. The fraction of sp³-hybridized carbons (Fsp3) is 0.261. The Morgan fingerprint density at radius 2 is 1.79 bits per heavy atom. The molecule has 6 heteroatoms. The summed E-state index contributed by atoms with van der Waals surface area (Å²) in [5, 5.41) is 0.661. The van der Waals surface area contributed by atoms with Crippen LogP contribution in [0.25, 0.3) is 10.9 Å². The van der Waals surface area contributed by atoms with Gasteiger partial charge in [0.1, 0.15) is 5.25 Å². The molecule has 0 unspecified atom stereocenters. The molecule has 5 nitrogen and oxygen atoms in total. The van der Waals surface area contributed by atoms with Crippen molar-refractivity contribution in [2.75, 3.05) is 13.1 Å². The molecule has 0 saturated carbocycles. The van der Waals surface area contributed by atoms with Crippen molar-refractivity contribution in [3.05, 3.63) is 83.2 Å². The monoisotopic (exact) mass is 405 g/mol. The lowest BCUT2D eigenvalue weighted by atomic mass is 10.1. The molecule has 4 rings (SSSR count). The Bertz CT molecular complexity index is 1090. The van der Waals surface area contributed by atoms with Gasteiger partial charge in [-0.3, -0.25) is 14.2 Å². The number of rotatable bonds is 6. The van der Waals surface area contributed by atoms with Gasteiger partial charge in [0.2, 0.25) is 5.91 Å². The van der Waals surface area contributed by atoms with Crippen molar-refractivity contribution in [2.45, 2.75) is 29.8 Å². The maximum absolute atomic E-state index is 13.3. The number of thioether (sulfide) groups is 1. The van der Waals surface area contributed by atoms with Gasteiger partial charge in [-0.1, -0.05) is 60.3 Å². The average molecular weight is 406 g/mol. The Kier molecular flexibility index (Phi) is 5.81. The van der Waals surface area contributed by atoms with E-state index in [0.29, 0.717) is 22.6 Å². The number of carbonyl (C=O) groups is 1. The smallest absolute Gasteiger partial charge is 0.262 e. The highest BCUT2D eigenvalue weighted by molar-refractivity contribution is 8.00. The lowest BCUT2D eigenvalue weighted by Gasteiger charge is -2.24. The molecule has 2 heterocycles. The van der Waals surface area contributed by atoms with Gasteiger partial charge in [0.25, 0.3) is 5.56 Å². The van der Waals surface area contributed by atoms with Crippen LogP contribution < -0.4 is 5.56 Å². The number of hydrogen-bond acceptors (Lipinski definition) is 4. The molecule has 0 radical (unpaired) electrons. The lowest BCUT2D eigenvalue weighted by molar-refractivity contribution is -0.129. The molecule has 1 aliphatic heterocycles. The third-order valence-electron chi connectivity index (χ3n) is 5.11. The molecule has 1 saturated heterocycles. The van der Waals surface area contributed by atoms with E-state index in [1.165, 1.54) is 11.8 Å². The van der Waals surface area contributed by atoms with E-state index in [1.807, 2.05) is 53.4 Å². The van der Waals surface area contributed by atoms with E-state index in [4.69, 9.17) is 4.98 Å². The molecule has 0 spiro atoms. The highest BCUT2D eigenvalue weighted by atomic mass is 32.2. The Labute approximate surface area is 174 Å². The molecule has 2 aromatic carbocycles. The van der Waals surface area contributed by atoms with Crippen LogP contribution in [0.15, 0.2) is 77.2 Å². The molecule has 1 aliphatic rings. The van der Waals surface area contributed by atoms with Crippen LogP contribution >= 0.6 is 11.8 Å². The zero-order valence-electron chi connectivity index (χ0n) is 16.2. The molecule has 0 bridgehead atoms. The zero-order valence-corrected chi connectivity index (χ0v) is 17.0. The van der Waals surface area contributed by atoms with Crippen molar-refractivity contribution < 1.29 is 4.79 Å². The van der Waals surface area contributed by atoms with Crippen molar-refractivity contribution in [3.8, 4) is 0 Å². The summed E-state index contributed by atoms with van der Waals surface area (Å²) in [6, 6.07) is 17.0. The van der Waals surface area contributed by atoms with E-state index in [2.05, 4.69) is 6.58 Å². The van der Waals surface area contributed by atoms with Crippen LogP contribution in [-0.2, 0) is 11.3 Å². The minimum Gasteiger partial charge on any atom is -0.341 e. The number of benzene rings is 2. The average Bonchev–Trinajstić information content (AvgIpc) is 3.30. The summed E-state index contributed by atoms with van der Waals surface area (Å²) < 4.78 is 1.60. The largest absolute Gasteiger partial charge is 0.341 e. The predicted octanol–water partition coefficient (Wildman–Crippen LogP) is 4.04. The zero-order chi connectivity index (χ0) is 20.2. The van der Waals surface area contributed by atoms with E-state index in [9.17, 15) is 9.59 Å². The Balaban J connectivity index is 1.80. The minimum absolute atomic E-state index is 0.0752. The molecule has 29 heavy (non-hydrogen) atoms. The van der Waals surface area contributed by atoms with Gasteiger partial charge < -0.3 is 4.90 Å². The van der Waals surface area contributed by atoms with E-state index in [-0.39, 0.29) is 11.5 Å². The van der Waals surface area contributed by atoms with Crippen molar-refractivity contribution >= 4 is 28.6 Å². The topological polar surface area (TPSA) is 55.2 Å². The SMILES string of the molecule is C=CCn1c(S[C@@H](C(=O)N2CCCC2)c2ccccc2)nc2ccccc2c1=O. The first-order valence-corrected chi connectivity index (χ1v) is 10.7. The third-order valence-corrected chi connectivity index (χ3v) is 6.34. The van der Waals surface area contributed by atoms with E-state index in [0.717, 1.165) is 31.5 Å². The lowest BCUT2D eigenvalue weighted by Crippen LogP contribution is -2.32. The summed E-state index contributed by atoms with van der Waals surface area (Å²) in [7, 11) is 0. The second-order valence-corrected chi connectivity index (χ2v) is 8.13. The van der Waals surface area contributed by atoms with Gasteiger partial charge in [0, 0.05) is 19.6 Å². The van der Waals surface area contributed by atoms with Crippen LogP contribution in [0.2, 0.25) is 0 Å². The molecule has 0 aliphatic carbocycles. The van der Waals surface area contributed by atoms with E-state index >= 15 is 0 Å². The quantitative estimate of drug-likeness (QED) is 0.353. The number of hydrogen-bond donors (Lipinski definition) is 0. The van der Waals surface area contributed by atoms with Gasteiger partial charge >= 0.3 is 0 Å². The van der Waals surface area contributed by atoms with Crippen LogP contribution in [0, 0.1) is 0 Å². The Morgan fingerprint density at radius 1 is 1.10 bits per heavy atom. The summed E-state index contributed by atoms with van der Waals surface area (Å²) in [6.07, 6.45) is 3.75. The number of nitrogens with zero attached hydrogens (tertiary/aromatic N) is 3. The minimum atomic E-state index is -0.446. The summed E-state index contributed by atoms with van der Waals surface area (Å²) in [6.45, 7) is 5.70. The Hall–Kier alpha value is -2.86. The van der Waals surface area contributed by atoms with Crippen LogP contribution in [-0.4, -0.2) is 33.4 Å². The van der Waals surface area contributed by atoms with Crippen LogP contribution in [0.4, 0.5) is 0 Å². The first-order chi connectivity index (χ1) is 14.2. The number of carbonyl (C=O) groups excluding carboxylic acids is 1. The number of allylic oxidation sites excluding steroid dienone is 1. The van der Waals surface area contributed by atoms with Gasteiger partial charge in [-0.2, -0.15) is 0 Å². The second kappa shape index (κ2) is 8.66. The number of likely N-dealkylation sites (tertiary alicyclic amines) is 1. The number of fused-ring (bicyclic) bond motifs is 1. The maximum Gasteiger partial charge on any atom is 0.262 e. The first-order valence-electron chi connectivity index (χ1n) is 9.80. The van der Waals surface area contributed by atoms with Gasteiger partial charge in [-0.05, 0) is 30.5 Å². The number of aromatic nitrogens is 2. The van der Waals surface area contributed by atoms with Crippen LogP contribution in [0.3, 0.4) is 0 Å². The predicted molar refractivity (Wildman–Crippen MR) is 117 cm³/mol. The number of para-hydroxylation sites is 1. The second-order valence-electron chi connectivity index (χ2n) is 7.06. The highest BCUT2D eigenvalue weighted by Crippen LogP contribution is 2.36. The molecular weight excluding hydrogens is 382 g/mol. The molecular formula is C23H23N3O2S. The van der Waals surface area contributed by atoms with Gasteiger partial charge in [0.15, 0.2) is 5.16 Å². The fourth-order valence-corrected chi connectivity index (χ4v) is 4.81. The molecule has 1 amide bonds. The molecule has 1 atom stereocenters. The van der Waals surface area contributed by atoms with Crippen LogP contribution in [0.1, 0.15) is 23.7 Å². The number of amides is 1. The molecule has 1 aromatic heterocycles. The molecule has 148 valence electrons.